The third-order valence-electron chi connectivity index (χ3n) is 2.64. The second kappa shape index (κ2) is 7.05. The van der Waals surface area contributed by atoms with Crippen molar-refractivity contribution in [3.63, 3.8) is 0 Å². The van der Waals surface area contributed by atoms with Gasteiger partial charge in [0.05, 0.1) is 12.8 Å². The van der Waals surface area contributed by atoms with E-state index >= 15 is 0 Å². The fourth-order valence-electron chi connectivity index (χ4n) is 1.70. The number of carbonyl (C=O) groups is 1. The van der Waals surface area contributed by atoms with E-state index in [1.54, 1.807) is 18.5 Å². The van der Waals surface area contributed by atoms with Gasteiger partial charge in [-0.1, -0.05) is 27.2 Å². The molecule has 0 aliphatic rings. The molecule has 0 aliphatic heterocycles. The highest BCUT2D eigenvalue weighted by atomic mass is 16.5. The van der Waals surface area contributed by atoms with Crippen LogP contribution in [-0.4, -0.2) is 17.4 Å². The smallest absolute Gasteiger partial charge is 0.167 e. The van der Waals surface area contributed by atoms with E-state index in [4.69, 9.17) is 4.74 Å². The largest absolute Gasteiger partial charge is 0.492 e. The third kappa shape index (κ3) is 4.17. The number of ketones is 1. The van der Waals surface area contributed by atoms with Gasteiger partial charge in [0.1, 0.15) is 5.75 Å². The van der Waals surface area contributed by atoms with Crippen LogP contribution in [0.4, 0.5) is 0 Å². The van der Waals surface area contributed by atoms with Gasteiger partial charge in [-0.2, -0.15) is 0 Å². The molecule has 94 valence electrons. The lowest BCUT2D eigenvalue weighted by Gasteiger charge is -2.10. The molecule has 0 N–H and O–H groups in total. The molecule has 1 aromatic rings. The number of hydrogen-bond acceptors (Lipinski definition) is 3. The zero-order valence-electron chi connectivity index (χ0n) is 10.9. The van der Waals surface area contributed by atoms with Crippen LogP contribution in [0, 0.1) is 5.92 Å². The number of hydrogen-bond donors (Lipinski definition) is 0. The number of ether oxygens (including phenoxy) is 1. The first-order valence-corrected chi connectivity index (χ1v) is 6.31. The van der Waals surface area contributed by atoms with Gasteiger partial charge in [0.25, 0.3) is 0 Å². The van der Waals surface area contributed by atoms with Gasteiger partial charge in [0, 0.05) is 17.7 Å². The Kier molecular flexibility index (Phi) is 5.67. The summed E-state index contributed by atoms with van der Waals surface area (Å²) in [6, 6.07) is 1.79. The summed E-state index contributed by atoms with van der Waals surface area (Å²) in [6.45, 7) is 6.75. The summed E-state index contributed by atoms with van der Waals surface area (Å²) < 4.78 is 5.47. The number of rotatable bonds is 7. The summed E-state index contributed by atoms with van der Waals surface area (Å²) in [5.41, 5.74) is 0.652. The fourth-order valence-corrected chi connectivity index (χ4v) is 1.70. The summed E-state index contributed by atoms with van der Waals surface area (Å²) >= 11 is 0. The van der Waals surface area contributed by atoms with Crippen molar-refractivity contribution in [2.75, 3.05) is 6.61 Å². The summed E-state index contributed by atoms with van der Waals surface area (Å²) in [5.74, 6) is 0.894. The molecular weight excluding hydrogens is 214 g/mol. The maximum Gasteiger partial charge on any atom is 0.167 e. The average molecular weight is 235 g/mol. The Hall–Kier alpha value is -1.38. The number of carbonyl (C=O) groups excluding carboxylic acids is 1. The Bertz CT molecular complexity index is 363. The van der Waals surface area contributed by atoms with Crippen LogP contribution in [-0.2, 0) is 0 Å². The Morgan fingerprint density at radius 1 is 1.35 bits per heavy atom. The molecular formula is C14H21NO2. The van der Waals surface area contributed by atoms with Crippen molar-refractivity contribution in [3.8, 4) is 5.75 Å². The van der Waals surface area contributed by atoms with Gasteiger partial charge in [-0.25, -0.2) is 0 Å². The van der Waals surface area contributed by atoms with Gasteiger partial charge < -0.3 is 4.74 Å². The summed E-state index contributed by atoms with van der Waals surface area (Å²) in [6.07, 6.45) is 6.15. The standard InChI is InChI=1S/C14H21NO2/c1-4-6-11(3)14(16)12-8-13(10-15-9-12)17-7-5-2/h8-11H,4-7H2,1-3H3. The van der Waals surface area contributed by atoms with Crippen molar-refractivity contribution in [1.82, 2.24) is 4.98 Å². The molecule has 1 rings (SSSR count). The van der Waals surface area contributed by atoms with Gasteiger partial charge in [0.2, 0.25) is 0 Å². The highest BCUT2D eigenvalue weighted by molar-refractivity contribution is 5.97. The average Bonchev–Trinajstić information content (AvgIpc) is 2.36. The first-order valence-electron chi connectivity index (χ1n) is 6.31. The summed E-state index contributed by atoms with van der Waals surface area (Å²) in [4.78, 5) is 16.1. The van der Waals surface area contributed by atoms with Crippen molar-refractivity contribution in [2.45, 2.75) is 40.0 Å². The lowest BCUT2D eigenvalue weighted by Crippen LogP contribution is -2.11. The van der Waals surface area contributed by atoms with Gasteiger partial charge in [-0.15, -0.1) is 0 Å². The highest BCUT2D eigenvalue weighted by Gasteiger charge is 2.15. The Morgan fingerprint density at radius 3 is 2.76 bits per heavy atom. The van der Waals surface area contributed by atoms with E-state index in [-0.39, 0.29) is 11.7 Å². The van der Waals surface area contributed by atoms with Crippen LogP contribution < -0.4 is 4.74 Å². The van der Waals surface area contributed by atoms with Crippen LogP contribution >= 0.6 is 0 Å². The normalized spacial score (nSPS) is 12.2. The molecule has 1 aromatic heterocycles. The van der Waals surface area contributed by atoms with Crippen LogP contribution in [0.2, 0.25) is 0 Å². The fraction of sp³-hybridized carbons (Fsp3) is 0.571. The monoisotopic (exact) mass is 235 g/mol. The Balaban J connectivity index is 2.73. The van der Waals surface area contributed by atoms with E-state index in [1.165, 1.54) is 0 Å². The molecule has 0 saturated carbocycles. The van der Waals surface area contributed by atoms with Gasteiger partial charge in [-0.3, -0.25) is 9.78 Å². The number of Topliss-reactive ketones (excluding diaryl/α,β-unsaturated/α-hetero) is 1. The van der Waals surface area contributed by atoms with Crippen LogP contribution in [0.15, 0.2) is 18.5 Å². The van der Waals surface area contributed by atoms with Crippen molar-refractivity contribution in [1.29, 1.82) is 0 Å². The number of pyridine rings is 1. The molecule has 0 aliphatic carbocycles. The SMILES string of the molecule is CCCOc1cncc(C(=O)C(C)CCC)c1. The van der Waals surface area contributed by atoms with Gasteiger partial charge >= 0.3 is 0 Å². The molecule has 1 atom stereocenters. The van der Waals surface area contributed by atoms with Gasteiger partial charge in [0.15, 0.2) is 5.78 Å². The topological polar surface area (TPSA) is 39.2 Å². The van der Waals surface area contributed by atoms with E-state index in [0.717, 1.165) is 19.3 Å². The molecule has 0 bridgehead atoms. The molecule has 0 aromatic carbocycles. The summed E-state index contributed by atoms with van der Waals surface area (Å²) in [5, 5.41) is 0. The quantitative estimate of drug-likeness (QED) is 0.679. The number of aromatic nitrogens is 1. The van der Waals surface area contributed by atoms with Gasteiger partial charge in [-0.05, 0) is 18.9 Å². The molecule has 0 fully saturated rings. The first kappa shape index (κ1) is 13.7. The Morgan fingerprint density at radius 2 is 2.12 bits per heavy atom. The molecule has 0 spiro atoms. The van der Waals surface area contributed by atoms with E-state index in [9.17, 15) is 4.79 Å². The minimum Gasteiger partial charge on any atom is -0.492 e. The van der Waals surface area contributed by atoms with Crippen LogP contribution in [0.25, 0.3) is 0 Å². The highest BCUT2D eigenvalue weighted by Crippen LogP contribution is 2.17. The van der Waals surface area contributed by atoms with E-state index < -0.39 is 0 Å². The third-order valence-corrected chi connectivity index (χ3v) is 2.64. The molecule has 1 unspecified atom stereocenters. The first-order chi connectivity index (χ1) is 8.19. The van der Waals surface area contributed by atoms with Crippen molar-refractivity contribution >= 4 is 5.78 Å². The molecule has 0 saturated heterocycles. The predicted octanol–water partition coefficient (Wildman–Crippen LogP) is 3.49. The minimum absolute atomic E-state index is 0.0585. The van der Waals surface area contributed by atoms with Crippen LogP contribution in [0.1, 0.15) is 50.4 Å². The minimum atomic E-state index is 0.0585. The van der Waals surface area contributed by atoms with E-state index in [0.29, 0.717) is 17.9 Å². The zero-order valence-corrected chi connectivity index (χ0v) is 10.9. The number of nitrogens with zero attached hydrogens (tertiary/aromatic N) is 1. The second-order valence-electron chi connectivity index (χ2n) is 4.31. The van der Waals surface area contributed by atoms with Crippen molar-refractivity contribution in [2.24, 2.45) is 5.92 Å². The molecule has 1 heterocycles. The van der Waals surface area contributed by atoms with E-state index in [1.807, 2.05) is 13.8 Å². The molecule has 0 amide bonds. The van der Waals surface area contributed by atoms with Crippen molar-refractivity contribution in [3.05, 3.63) is 24.0 Å². The Labute approximate surface area is 103 Å². The van der Waals surface area contributed by atoms with Crippen LogP contribution in [0.3, 0.4) is 0 Å². The van der Waals surface area contributed by atoms with E-state index in [2.05, 4.69) is 11.9 Å². The second-order valence-corrected chi connectivity index (χ2v) is 4.31. The maximum atomic E-state index is 12.1. The predicted molar refractivity (Wildman–Crippen MR) is 68.4 cm³/mol. The maximum absolute atomic E-state index is 12.1. The van der Waals surface area contributed by atoms with Crippen LogP contribution in [0.5, 0.6) is 5.75 Å². The molecule has 0 radical (unpaired) electrons. The van der Waals surface area contributed by atoms with Crippen molar-refractivity contribution < 1.29 is 9.53 Å². The zero-order chi connectivity index (χ0) is 12.7. The molecule has 3 heteroatoms. The summed E-state index contributed by atoms with van der Waals surface area (Å²) in [7, 11) is 0. The lowest BCUT2D eigenvalue weighted by atomic mass is 9.96. The molecule has 3 nitrogen and oxygen atoms in total. The lowest BCUT2D eigenvalue weighted by molar-refractivity contribution is 0.0922. The molecule has 17 heavy (non-hydrogen) atoms.